The zero-order chi connectivity index (χ0) is 16.5. The Morgan fingerprint density at radius 2 is 2.09 bits per heavy atom. The van der Waals surface area contributed by atoms with Crippen molar-refractivity contribution in [1.82, 2.24) is 5.32 Å². The van der Waals surface area contributed by atoms with E-state index < -0.39 is 0 Å². The number of amides is 1. The summed E-state index contributed by atoms with van der Waals surface area (Å²) in [6.45, 7) is 4.50. The monoisotopic (exact) mass is 319 g/mol. The Hall–Kier alpha value is -1.71. The molecule has 1 aromatic rings. The Morgan fingerprint density at radius 3 is 2.83 bits per heavy atom. The molecule has 0 radical (unpaired) electrons. The van der Waals surface area contributed by atoms with Crippen molar-refractivity contribution in [3.8, 4) is 5.75 Å². The Kier molecular flexibility index (Phi) is 7.24. The maximum absolute atomic E-state index is 11.7. The number of carbonyl (C=O) groups is 1. The van der Waals surface area contributed by atoms with Crippen LogP contribution in [0.15, 0.2) is 24.3 Å². The fourth-order valence-corrected chi connectivity index (χ4v) is 2.84. The molecule has 0 bridgehead atoms. The third-order valence-corrected chi connectivity index (χ3v) is 4.28. The normalized spacial score (nSPS) is 16.6. The van der Waals surface area contributed by atoms with Crippen molar-refractivity contribution in [2.24, 2.45) is 0 Å². The molecular formula is C19H29NO3. The summed E-state index contributed by atoms with van der Waals surface area (Å²) in [4.78, 5) is 11.7. The van der Waals surface area contributed by atoms with Gasteiger partial charge >= 0.3 is 6.09 Å². The lowest BCUT2D eigenvalue weighted by Gasteiger charge is -2.23. The minimum atomic E-state index is -0.357. The second-order valence-electron chi connectivity index (χ2n) is 6.31. The van der Waals surface area contributed by atoms with Gasteiger partial charge in [-0.15, -0.1) is 0 Å². The smallest absolute Gasteiger partial charge is 0.407 e. The van der Waals surface area contributed by atoms with Crippen molar-refractivity contribution < 1.29 is 14.3 Å². The molecule has 0 heterocycles. The molecule has 1 fully saturated rings. The molecule has 1 amide bonds. The lowest BCUT2D eigenvalue weighted by molar-refractivity contribution is 0.141. The highest BCUT2D eigenvalue weighted by atomic mass is 16.5. The average molecular weight is 319 g/mol. The first kappa shape index (κ1) is 17.6. The van der Waals surface area contributed by atoms with E-state index >= 15 is 0 Å². The highest BCUT2D eigenvalue weighted by Gasteiger charge is 2.16. The largest absolute Gasteiger partial charge is 0.490 e. The molecule has 4 heteroatoms. The first-order valence-electron chi connectivity index (χ1n) is 8.89. The Bertz CT molecular complexity index is 483. The van der Waals surface area contributed by atoms with Crippen molar-refractivity contribution in [3.63, 3.8) is 0 Å². The molecule has 1 saturated carbocycles. The summed E-state index contributed by atoms with van der Waals surface area (Å²) in [6.07, 6.45) is 8.00. The van der Waals surface area contributed by atoms with Crippen LogP contribution in [0.2, 0.25) is 0 Å². The highest BCUT2D eigenvalue weighted by molar-refractivity contribution is 5.67. The van der Waals surface area contributed by atoms with E-state index in [9.17, 15) is 4.79 Å². The number of carbonyl (C=O) groups excluding carboxylic acids is 1. The molecule has 128 valence electrons. The van der Waals surface area contributed by atoms with Crippen LogP contribution < -0.4 is 10.1 Å². The molecule has 2 rings (SSSR count). The summed E-state index contributed by atoms with van der Waals surface area (Å²) in [6, 6.07) is 7.90. The third kappa shape index (κ3) is 6.12. The van der Waals surface area contributed by atoms with E-state index in [1.165, 1.54) is 19.3 Å². The summed E-state index contributed by atoms with van der Waals surface area (Å²) < 4.78 is 11.2. The Morgan fingerprint density at radius 1 is 1.30 bits per heavy atom. The minimum absolute atomic E-state index is 0.0981. The number of benzene rings is 1. The third-order valence-electron chi connectivity index (χ3n) is 4.28. The van der Waals surface area contributed by atoms with Crippen LogP contribution in [0.1, 0.15) is 70.4 Å². The van der Waals surface area contributed by atoms with Crippen LogP contribution in [0.3, 0.4) is 0 Å². The van der Waals surface area contributed by atoms with Gasteiger partial charge in [0.25, 0.3) is 0 Å². The van der Waals surface area contributed by atoms with Gasteiger partial charge in [-0.1, -0.05) is 31.9 Å². The van der Waals surface area contributed by atoms with Gasteiger partial charge in [0.05, 0.1) is 18.8 Å². The molecule has 1 aliphatic carbocycles. The molecule has 1 atom stereocenters. The van der Waals surface area contributed by atoms with Crippen LogP contribution in [-0.2, 0) is 4.74 Å². The molecule has 0 aliphatic heterocycles. The van der Waals surface area contributed by atoms with Gasteiger partial charge in [0, 0.05) is 0 Å². The maximum Gasteiger partial charge on any atom is 0.407 e. The fraction of sp³-hybridized carbons (Fsp3) is 0.632. The first-order chi connectivity index (χ1) is 11.2. The van der Waals surface area contributed by atoms with Crippen molar-refractivity contribution >= 4 is 6.09 Å². The Labute approximate surface area is 139 Å². The lowest BCUT2D eigenvalue weighted by atomic mass is 9.98. The molecule has 1 unspecified atom stereocenters. The molecule has 0 saturated heterocycles. The number of unbranched alkanes of at least 4 members (excludes halogenated alkanes) is 1. The molecule has 1 aliphatic rings. The zero-order valence-electron chi connectivity index (χ0n) is 14.3. The van der Waals surface area contributed by atoms with Crippen LogP contribution >= 0.6 is 0 Å². The van der Waals surface area contributed by atoms with Crippen LogP contribution in [0.5, 0.6) is 5.75 Å². The van der Waals surface area contributed by atoms with E-state index in [1.54, 1.807) is 0 Å². The van der Waals surface area contributed by atoms with E-state index in [0.29, 0.717) is 12.7 Å². The fourth-order valence-electron chi connectivity index (χ4n) is 2.84. The topological polar surface area (TPSA) is 47.6 Å². The molecular weight excluding hydrogens is 290 g/mol. The average Bonchev–Trinajstić information content (AvgIpc) is 2.56. The summed E-state index contributed by atoms with van der Waals surface area (Å²) >= 11 is 0. The second-order valence-corrected chi connectivity index (χ2v) is 6.31. The van der Waals surface area contributed by atoms with Gasteiger partial charge in [-0.05, 0) is 56.7 Å². The molecule has 23 heavy (non-hydrogen) atoms. The summed E-state index contributed by atoms with van der Waals surface area (Å²) in [5, 5.41) is 2.87. The van der Waals surface area contributed by atoms with Gasteiger partial charge in [0.15, 0.2) is 0 Å². The quantitative estimate of drug-likeness (QED) is 0.721. The maximum atomic E-state index is 11.7. The van der Waals surface area contributed by atoms with E-state index in [0.717, 1.165) is 37.0 Å². The van der Waals surface area contributed by atoms with E-state index in [4.69, 9.17) is 9.47 Å². The van der Waals surface area contributed by atoms with Gasteiger partial charge in [-0.25, -0.2) is 4.79 Å². The van der Waals surface area contributed by atoms with Crippen LogP contribution in [-0.4, -0.2) is 18.8 Å². The van der Waals surface area contributed by atoms with Crippen molar-refractivity contribution in [2.75, 3.05) is 6.61 Å². The number of hydrogen-bond donors (Lipinski definition) is 1. The Balaban J connectivity index is 1.86. The standard InChI is InChI=1S/C19H29NO3/c1-3-4-13-22-19(21)20-15(2)16-9-8-12-18(14-16)23-17-10-6-5-7-11-17/h8-9,12,14-15,17H,3-7,10-11,13H2,1-2H3,(H,20,21). The molecule has 1 N–H and O–H groups in total. The van der Waals surface area contributed by atoms with Gasteiger partial charge in [-0.2, -0.15) is 0 Å². The lowest BCUT2D eigenvalue weighted by Crippen LogP contribution is -2.27. The van der Waals surface area contributed by atoms with Gasteiger partial charge in [0.2, 0.25) is 0 Å². The number of rotatable bonds is 7. The number of alkyl carbamates (subject to hydrolysis) is 1. The van der Waals surface area contributed by atoms with Crippen LogP contribution in [0.25, 0.3) is 0 Å². The summed E-state index contributed by atoms with van der Waals surface area (Å²) in [5.41, 5.74) is 1.03. The van der Waals surface area contributed by atoms with Crippen LogP contribution in [0, 0.1) is 0 Å². The molecule has 1 aromatic carbocycles. The summed E-state index contributed by atoms with van der Waals surface area (Å²) in [7, 11) is 0. The van der Waals surface area contributed by atoms with Crippen LogP contribution in [0.4, 0.5) is 4.79 Å². The van der Waals surface area contributed by atoms with E-state index in [1.807, 2.05) is 31.2 Å². The SMILES string of the molecule is CCCCOC(=O)NC(C)c1cccc(OC2CCCCC2)c1. The predicted octanol–water partition coefficient (Wildman–Crippen LogP) is 4.99. The van der Waals surface area contributed by atoms with Gasteiger partial charge < -0.3 is 14.8 Å². The predicted molar refractivity (Wildman–Crippen MR) is 91.7 cm³/mol. The first-order valence-corrected chi connectivity index (χ1v) is 8.89. The van der Waals surface area contributed by atoms with E-state index in [2.05, 4.69) is 12.2 Å². The van der Waals surface area contributed by atoms with Crippen molar-refractivity contribution in [1.29, 1.82) is 0 Å². The zero-order valence-corrected chi connectivity index (χ0v) is 14.3. The highest BCUT2D eigenvalue weighted by Crippen LogP contribution is 2.25. The van der Waals surface area contributed by atoms with E-state index in [-0.39, 0.29) is 12.1 Å². The second kappa shape index (κ2) is 9.43. The number of ether oxygens (including phenoxy) is 2. The van der Waals surface area contributed by atoms with Gasteiger partial charge in [0.1, 0.15) is 5.75 Å². The molecule has 0 spiro atoms. The number of hydrogen-bond acceptors (Lipinski definition) is 3. The van der Waals surface area contributed by atoms with Crippen molar-refractivity contribution in [3.05, 3.63) is 29.8 Å². The number of nitrogens with one attached hydrogen (secondary N) is 1. The molecule has 4 nitrogen and oxygen atoms in total. The molecule has 0 aromatic heterocycles. The van der Waals surface area contributed by atoms with Crippen molar-refractivity contribution in [2.45, 2.75) is 70.9 Å². The minimum Gasteiger partial charge on any atom is -0.490 e. The van der Waals surface area contributed by atoms with Gasteiger partial charge in [-0.3, -0.25) is 0 Å². The summed E-state index contributed by atoms with van der Waals surface area (Å²) in [5.74, 6) is 0.891.